The van der Waals surface area contributed by atoms with E-state index in [1.165, 1.54) is 31.2 Å². The van der Waals surface area contributed by atoms with Crippen molar-refractivity contribution in [3.8, 4) is 6.07 Å². The molecule has 2 fully saturated rings. The fourth-order valence-electron chi connectivity index (χ4n) is 4.42. The van der Waals surface area contributed by atoms with Crippen LogP contribution in [0.25, 0.3) is 0 Å². The summed E-state index contributed by atoms with van der Waals surface area (Å²) in [4.78, 5) is 2.30. The molecule has 3 heteroatoms. The maximum Gasteiger partial charge on any atom is 0.119 e. The first-order chi connectivity index (χ1) is 12.6. The Morgan fingerprint density at radius 2 is 1.81 bits per heavy atom. The number of nitrogens with zero attached hydrogens (tertiary/aromatic N) is 2. The first-order valence-corrected chi connectivity index (χ1v) is 10.4. The van der Waals surface area contributed by atoms with Gasteiger partial charge in [0.05, 0.1) is 6.07 Å². The highest BCUT2D eigenvalue weighted by Crippen LogP contribution is 2.39. The lowest BCUT2D eigenvalue weighted by Crippen LogP contribution is -2.48. The SMILES string of the molecule is CC.CC1(CC#N)CCN(CC2CCC(c3ccccc3)CC2)CC1F. The van der Waals surface area contributed by atoms with Crippen molar-refractivity contribution in [3.63, 3.8) is 0 Å². The van der Waals surface area contributed by atoms with Crippen LogP contribution in [0.4, 0.5) is 4.39 Å². The smallest absolute Gasteiger partial charge is 0.119 e. The van der Waals surface area contributed by atoms with Gasteiger partial charge in [-0.1, -0.05) is 51.1 Å². The average Bonchev–Trinajstić information content (AvgIpc) is 2.68. The van der Waals surface area contributed by atoms with Crippen LogP contribution in [0.15, 0.2) is 30.3 Å². The molecule has 0 radical (unpaired) electrons. The average molecular weight is 359 g/mol. The molecule has 0 aromatic heterocycles. The molecule has 1 saturated heterocycles. The summed E-state index contributed by atoms with van der Waals surface area (Å²) >= 11 is 0. The third-order valence-corrected chi connectivity index (χ3v) is 6.29. The number of alkyl halides is 1. The monoisotopic (exact) mass is 358 g/mol. The Balaban J connectivity index is 0.00000117. The second kappa shape index (κ2) is 10.1. The number of piperidine rings is 1. The van der Waals surface area contributed by atoms with E-state index in [2.05, 4.69) is 41.3 Å². The Kier molecular flexibility index (Phi) is 8.10. The maximum absolute atomic E-state index is 14.5. The van der Waals surface area contributed by atoms with Gasteiger partial charge in [-0.2, -0.15) is 5.26 Å². The largest absolute Gasteiger partial charge is 0.300 e. The second-order valence-electron chi connectivity index (χ2n) is 8.09. The summed E-state index contributed by atoms with van der Waals surface area (Å²) in [5.74, 6) is 1.41. The highest BCUT2D eigenvalue weighted by Gasteiger charge is 2.40. The fraction of sp³-hybridized carbons (Fsp3) is 0.696. The van der Waals surface area contributed by atoms with Gasteiger partial charge in [-0.25, -0.2) is 4.39 Å². The van der Waals surface area contributed by atoms with Crippen molar-refractivity contribution in [2.75, 3.05) is 19.6 Å². The summed E-state index contributed by atoms with van der Waals surface area (Å²) in [6.45, 7) is 8.42. The zero-order chi connectivity index (χ0) is 19.0. The first-order valence-electron chi connectivity index (χ1n) is 10.4. The molecule has 1 saturated carbocycles. The number of benzene rings is 1. The number of hydrogen-bond donors (Lipinski definition) is 0. The van der Waals surface area contributed by atoms with E-state index in [0.29, 0.717) is 24.8 Å². The Morgan fingerprint density at radius 1 is 1.15 bits per heavy atom. The summed E-state index contributed by atoms with van der Waals surface area (Å²) in [7, 11) is 0. The molecular weight excluding hydrogens is 323 g/mol. The van der Waals surface area contributed by atoms with Crippen molar-refractivity contribution >= 4 is 0 Å². The molecule has 1 aliphatic carbocycles. The third kappa shape index (κ3) is 5.30. The molecule has 0 N–H and O–H groups in total. The van der Waals surface area contributed by atoms with Gasteiger partial charge in [0.15, 0.2) is 0 Å². The molecule has 1 aromatic rings. The molecule has 26 heavy (non-hydrogen) atoms. The molecule has 2 nitrogen and oxygen atoms in total. The standard InChI is InChI=1S/C21H29FN2.C2H6/c1-21(11-13-23)12-14-24(16-20(21)22)15-17-7-9-19(10-8-17)18-5-3-2-4-6-18;1-2/h2-6,17,19-20H,7-12,14-16H2,1H3;1-2H3. The van der Waals surface area contributed by atoms with Crippen molar-refractivity contribution in [1.29, 1.82) is 5.26 Å². The van der Waals surface area contributed by atoms with Crippen molar-refractivity contribution in [3.05, 3.63) is 35.9 Å². The zero-order valence-electron chi connectivity index (χ0n) is 16.8. The van der Waals surface area contributed by atoms with Crippen LogP contribution in [0.2, 0.25) is 0 Å². The Bertz CT molecular complexity index is 559. The highest BCUT2D eigenvalue weighted by atomic mass is 19.1. The summed E-state index contributed by atoms with van der Waals surface area (Å²) in [6.07, 6.45) is 5.30. The van der Waals surface area contributed by atoms with Gasteiger partial charge in [-0.05, 0) is 56.0 Å². The van der Waals surface area contributed by atoms with Crippen molar-refractivity contribution in [2.24, 2.45) is 11.3 Å². The topological polar surface area (TPSA) is 27.0 Å². The van der Waals surface area contributed by atoms with Gasteiger partial charge < -0.3 is 4.90 Å². The molecule has 1 aliphatic heterocycles. The van der Waals surface area contributed by atoms with Crippen LogP contribution in [0.3, 0.4) is 0 Å². The van der Waals surface area contributed by atoms with E-state index in [0.717, 1.165) is 19.5 Å². The zero-order valence-corrected chi connectivity index (χ0v) is 16.8. The van der Waals surface area contributed by atoms with E-state index < -0.39 is 11.6 Å². The Hall–Kier alpha value is -1.40. The van der Waals surface area contributed by atoms with Crippen LogP contribution in [0.5, 0.6) is 0 Å². The normalized spacial score (nSPS) is 32.2. The van der Waals surface area contributed by atoms with E-state index in [1.54, 1.807) is 0 Å². The summed E-state index contributed by atoms with van der Waals surface area (Å²) in [5.41, 5.74) is 1.04. The predicted octanol–water partition coefficient (Wildman–Crippen LogP) is 5.95. The highest BCUT2D eigenvalue weighted by molar-refractivity contribution is 5.19. The molecule has 1 aromatic carbocycles. The maximum atomic E-state index is 14.5. The van der Waals surface area contributed by atoms with Gasteiger partial charge in [0.2, 0.25) is 0 Å². The molecule has 1 heterocycles. The summed E-state index contributed by atoms with van der Waals surface area (Å²) in [5, 5.41) is 8.92. The van der Waals surface area contributed by atoms with Crippen LogP contribution in [-0.2, 0) is 0 Å². The molecule has 2 aliphatic rings. The number of halogens is 1. The van der Waals surface area contributed by atoms with Gasteiger partial charge in [0, 0.05) is 24.9 Å². The van der Waals surface area contributed by atoms with Crippen LogP contribution in [0.1, 0.15) is 70.8 Å². The molecule has 2 atom stereocenters. The summed E-state index contributed by atoms with van der Waals surface area (Å²) in [6, 6.07) is 13.0. The lowest BCUT2D eigenvalue weighted by molar-refractivity contribution is 0.0128. The van der Waals surface area contributed by atoms with Crippen molar-refractivity contribution in [1.82, 2.24) is 4.90 Å². The minimum Gasteiger partial charge on any atom is -0.300 e. The minimum absolute atomic E-state index is 0.337. The van der Waals surface area contributed by atoms with E-state index in [9.17, 15) is 4.39 Å². The Morgan fingerprint density at radius 3 is 2.38 bits per heavy atom. The van der Waals surface area contributed by atoms with Crippen LogP contribution in [-0.4, -0.2) is 30.7 Å². The molecule has 3 rings (SSSR count). The van der Waals surface area contributed by atoms with Gasteiger partial charge >= 0.3 is 0 Å². The number of hydrogen-bond acceptors (Lipinski definition) is 2. The lowest BCUT2D eigenvalue weighted by atomic mass is 9.75. The fourth-order valence-corrected chi connectivity index (χ4v) is 4.42. The summed E-state index contributed by atoms with van der Waals surface area (Å²) < 4.78 is 14.5. The third-order valence-electron chi connectivity index (χ3n) is 6.29. The molecular formula is C23H35FN2. The lowest BCUT2D eigenvalue weighted by Gasteiger charge is -2.42. The number of nitriles is 1. The van der Waals surface area contributed by atoms with Gasteiger partial charge in [0.1, 0.15) is 6.17 Å². The molecule has 0 spiro atoms. The van der Waals surface area contributed by atoms with E-state index in [4.69, 9.17) is 5.26 Å². The molecule has 144 valence electrons. The van der Waals surface area contributed by atoms with Gasteiger partial charge in [-0.15, -0.1) is 0 Å². The molecule has 0 bridgehead atoms. The predicted molar refractivity (Wildman–Crippen MR) is 107 cm³/mol. The van der Waals surface area contributed by atoms with E-state index >= 15 is 0 Å². The van der Waals surface area contributed by atoms with Crippen LogP contribution < -0.4 is 0 Å². The number of likely N-dealkylation sites (tertiary alicyclic amines) is 1. The van der Waals surface area contributed by atoms with Crippen molar-refractivity contribution < 1.29 is 4.39 Å². The van der Waals surface area contributed by atoms with Crippen LogP contribution in [0, 0.1) is 22.7 Å². The number of rotatable bonds is 4. The second-order valence-corrected chi connectivity index (χ2v) is 8.09. The molecule has 0 amide bonds. The van der Waals surface area contributed by atoms with Gasteiger partial charge in [-0.3, -0.25) is 0 Å². The van der Waals surface area contributed by atoms with Crippen molar-refractivity contribution in [2.45, 2.75) is 71.4 Å². The van der Waals surface area contributed by atoms with Gasteiger partial charge in [0.25, 0.3) is 0 Å². The first kappa shape index (κ1) is 20.9. The van der Waals surface area contributed by atoms with Crippen LogP contribution >= 0.6 is 0 Å². The quantitative estimate of drug-likeness (QED) is 0.665. The molecule has 2 unspecified atom stereocenters. The minimum atomic E-state index is -0.869. The Labute approximate surface area is 159 Å². The van der Waals surface area contributed by atoms with E-state index in [-0.39, 0.29) is 0 Å². The van der Waals surface area contributed by atoms with E-state index in [1.807, 2.05) is 20.8 Å².